The summed E-state index contributed by atoms with van der Waals surface area (Å²) in [4.78, 5) is 19.6. The Balaban J connectivity index is 0.00000182. The normalized spacial score (nSPS) is 14.3. The standard InChI is InChI=1S/C19H19N3O2.H2O/c23-17-15-10-7-11-20-18(15)22(14-8-3-1-4-9-14)19(24)16(17)21-12-5-2-6-13-21;/h1,3-4,7-11,23H,2,5-6,12-13H2;1H2. The molecule has 0 amide bonds. The first-order valence-electron chi connectivity index (χ1n) is 8.30. The van der Waals surface area contributed by atoms with Gasteiger partial charge in [0.1, 0.15) is 5.69 Å². The van der Waals surface area contributed by atoms with Crippen molar-refractivity contribution in [3.05, 3.63) is 59.0 Å². The van der Waals surface area contributed by atoms with Crippen LogP contribution in [-0.2, 0) is 0 Å². The van der Waals surface area contributed by atoms with Crippen LogP contribution in [0, 0.1) is 0 Å². The van der Waals surface area contributed by atoms with E-state index in [4.69, 9.17) is 0 Å². The van der Waals surface area contributed by atoms with E-state index >= 15 is 0 Å². The molecule has 3 aromatic rings. The molecular formula is C19H21N3O3. The Kier molecular flexibility index (Phi) is 4.72. The van der Waals surface area contributed by atoms with Crippen LogP contribution in [0.5, 0.6) is 5.75 Å². The van der Waals surface area contributed by atoms with Crippen molar-refractivity contribution < 1.29 is 10.6 Å². The summed E-state index contributed by atoms with van der Waals surface area (Å²) < 4.78 is 1.60. The molecule has 25 heavy (non-hydrogen) atoms. The highest BCUT2D eigenvalue weighted by atomic mass is 16.3. The van der Waals surface area contributed by atoms with E-state index in [0.717, 1.165) is 31.6 Å². The molecule has 4 rings (SSSR count). The van der Waals surface area contributed by atoms with E-state index in [1.165, 1.54) is 6.42 Å². The highest BCUT2D eigenvalue weighted by Gasteiger charge is 2.23. The Morgan fingerprint density at radius 3 is 2.40 bits per heavy atom. The lowest BCUT2D eigenvalue weighted by atomic mass is 10.1. The largest absolute Gasteiger partial charge is 0.505 e. The van der Waals surface area contributed by atoms with Gasteiger partial charge < -0.3 is 15.5 Å². The maximum absolute atomic E-state index is 13.2. The van der Waals surface area contributed by atoms with E-state index < -0.39 is 0 Å². The maximum atomic E-state index is 13.2. The summed E-state index contributed by atoms with van der Waals surface area (Å²) in [5.41, 5.74) is 1.40. The molecule has 6 nitrogen and oxygen atoms in total. The molecule has 0 atom stereocenters. The smallest absolute Gasteiger partial charge is 0.284 e. The molecule has 1 fully saturated rings. The van der Waals surface area contributed by atoms with Crippen molar-refractivity contribution in [2.24, 2.45) is 0 Å². The summed E-state index contributed by atoms with van der Waals surface area (Å²) >= 11 is 0. The van der Waals surface area contributed by atoms with E-state index in [2.05, 4.69) is 4.98 Å². The molecule has 0 aliphatic carbocycles. The third-order valence-corrected chi connectivity index (χ3v) is 4.57. The second-order valence-electron chi connectivity index (χ2n) is 6.10. The first-order chi connectivity index (χ1) is 11.8. The van der Waals surface area contributed by atoms with Crippen LogP contribution < -0.4 is 10.5 Å². The van der Waals surface area contributed by atoms with Crippen molar-refractivity contribution in [1.29, 1.82) is 0 Å². The maximum Gasteiger partial charge on any atom is 0.284 e. The topological polar surface area (TPSA) is 89.9 Å². The highest BCUT2D eigenvalue weighted by molar-refractivity contribution is 5.89. The Bertz CT molecular complexity index is 932. The van der Waals surface area contributed by atoms with Gasteiger partial charge in [-0.1, -0.05) is 18.2 Å². The lowest BCUT2D eigenvalue weighted by molar-refractivity contribution is 0.473. The minimum atomic E-state index is -0.216. The summed E-state index contributed by atoms with van der Waals surface area (Å²) in [6.07, 6.45) is 4.88. The Hall–Kier alpha value is -2.86. The number of aromatic hydroxyl groups is 1. The number of fused-ring (bicyclic) bond motifs is 1. The molecular weight excluding hydrogens is 318 g/mol. The molecule has 0 unspecified atom stereocenters. The predicted molar refractivity (Wildman–Crippen MR) is 98.7 cm³/mol. The van der Waals surface area contributed by atoms with Crippen LogP contribution in [0.25, 0.3) is 16.7 Å². The minimum absolute atomic E-state index is 0. The van der Waals surface area contributed by atoms with Gasteiger partial charge in [0, 0.05) is 19.3 Å². The van der Waals surface area contributed by atoms with Crippen LogP contribution in [0.3, 0.4) is 0 Å². The van der Waals surface area contributed by atoms with Gasteiger partial charge in [0.15, 0.2) is 11.4 Å². The summed E-state index contributed by atoms with van der Waals surface area (Å²) in [7, 11) is 0. The van der Waals surface area contributed by atoms with Gasteiger partial charge in [-0.3, -0.25) is 9.36 Å². The molecule has 0 saturated carbocycles. The molecule has 1 saturated heterocycles. The molecule has 0 bridgehead atoms. The first kappa shape index (κ1) is 17.0. The quantitative estimate of drug-likeness (QED) is 0.775. The summed E-state index contributed by atoms with van der Waals surface area (Å²) in [5, 5.41) is 11.4. The number of benzene rings is 1. The Labute approximate surface area is 145 Å². The van der Waals surface area contributed by atoms with Crippen LogP contribution in [-0.4, -0.2) is 33.2 Å². The third kappa shape index (κ3) is 2.85. The van der Waals surface area contributed by atoms with Crippen molar-refractivity contribution in [2.45, 2.75) is 19.3 Å². The fourth-order valence-electron chi connectivity index (χ4n) is 3.41. The van der Waals surface area contributed by atoms with Crippen LogP contribution >= 0.6 is 0 Å². The van der Waals surface area contributed by atoms with Crippen LogP contribution in [0.15, 0.2) is 53.5 Å². The zero-order chi connectivity index (χ0) is 16.5. The number of rotatable bonds is 2. The second kappa shape index (κ2) is 6.94. The van der Waals surface area contributed by atoms with Crippen molar-refractivity contribution in [2.75, 3.05) is 18.0 Å². The molecule has 3 heterocycles. The van der Waals surface area contributed by atoms with Gasteiger partial charge in [-0.15, -0.1) is 0 Å². The van der Waals surface area contributed by atoms with Gasteiger partial charge in [-0.25, -0.2) is 4.98 Å². The molecule has 1 aliphatic rings. The fraction of sp³-hybridized carbons (Fsp3) is 0.263. The number of nitrogens with zero attached hydrogens (tertiary/aromatic N) is 3. The summed E-state index contributed by atoms with van der Waals surface area (Å²) in [5.74, 6) is 0.0391. The monoisotopic (exact) mass is 339 g/mol. The van der Waals surface area contributed by atoms with Gasteiger partial charge in [0.25, 0.3) is 5.56 Å². The van der Waals surface area contributed by atoms with Crippen LogP contribution in [0.2, 0.25) is 0 Å². The average molecular weight is 339 g/mol. The zero-order valence-electron chi connectivity index (χ0n) is 13.9. The van der Waals surface area contributed by atoms with Gasteiger partial charge in [-0.05, 0) is 43.5 Å². The van der Waals surface area contributed by atoms with Gasteiger partial charge in [0.2, 0.25) is 0 Å². The first-order valence-corrected chi connectivity index (χ1v) is 8.30. The second-order valence-corrected chi connectivity index (χ2v) is 6.10. The minimum Gasteiger partial charge on any atom is -0.505 e. The Morgan fingerprint density at radius 2 is 1.68 bits per heavy atom. The molecule has 2 aromatic heterocycles. The lowest BCUT2D eigenvalue weighted by Crippen LogP contribution is -2.36. The van der Waals surface area contributed by atoms with Crippen LogP contribution in [0.1, 0.15) is 19.3 Å². The Morgan fingerprint density at radius 1 is 0.960 bits per heavy atom. The molecule has 1 aliphatic heterocycles. The number of aromatic nitrogens is 2. The van der Waals surface area contributed by atoms with Gasteiger partial charge in [0.05, 0.1) is 11.1 Å². The van der Waals surface area contributed by atoms with Crippen molar-refractivity contribution >= 4 is 16.7 Å². The summed E-state index contributed by atoms with van der Waals surface area (Å²) in [6, 6.07) is 13.1. The molecule has 0 radical (unpaired) electrons. The summed E-state index contributed by atoms with van der Waals surface area (Å²) in [6.45, 7) is 1.59. The van der Waals surface area contributed by atoms with E-state index in [9.17, 15) is 9.90 Å². The van der Waals surface area contributed by atoms with Crippen molar-refractivity contribution in [1.82, 2.24) is 9.55 Å². The average Bonchev–Trinajstić information content (AvgIpc) is 2.64. The molecule has 6 heteroatoms. The van der Waals surface area contributed by atoms with Gasteiger partial charge >= 0.3 is 0 Å². The predicted octanol–water partition coefficient (Wildman–Crippen LogP) is 2.26. The van der Waals surface area contributed by atoms with Crippen molar-refractivity contribution in [3.8, 4) is 11.4 Å². The fourth-order valence-corrected chi connectivity index (χ4v) is 3.41. The SMILES string of the molecule is O.O=c1c(N2CCCCC2)c(O)c2cccnc2n1-c1ccccc1. The number of para-hydroxylation sites is 1. The number of anilines is 1. The van der Waals surface area contributed by atoms with E-state index in [1.807, 2.05) is 41.3 Å². The van der Waals surface area contributed by atoms with E-state index in [0.29, 0.717) is 16.7 Å². The number of hydrogen-bond donors (Lipinski definition) is 1. The number of pyridine rings is 2. The van der Waals surface area contributed by atoms with Gasteiger partial charge in [-0.2, -0.15) is 0 Å². The van der Waals surface area contributed by atoms with Crippen molar-refractivity contribution in [3.63, 3.8) is 0 Å². The van der Waals surface area contributed by atoms with Crippen LogP contribution in [0.4, 0.5) is 5.69 Å². The third-order valence-electron chi connectivity index (χ3n) is 4.57. The van der Waals surface area contributed by atoms with E-state index in [1.54, 1.807) is 16.8 Å². The number of hydrogen-bond acceptors (Lipinski definition) is 4. The highest BCUT2D eigenvalue weighted by Crippen LogP contribution is 2.33. The molecule has 3 N–H and O–H groups in total. The number of piperidine rings is 1. The van der Waals surface area contributed by atoms with E-state index in [-0.39, 0.29) is 16.8 Å². The molecule has 0 spiro atoms. The zero-order valence-corrected chi connectivity index (χ0v) is 13.9. The molecule has 130 valence electrons. The lowest BCUT2D eigenvalue weighted by Gasteiger charge is -2.29. The molecule has 1 aromatic carbocycles.